The minimum atomic E-state index is 0. The van der Waals surface area contributed by atoms with Gasteiger partial charge in [-0.3, -0.25) is 4.79 Å². The van der Waals surface area contributed by atoms with Crippen LogP contribution in [0.4, 0.5) is 5.82 Å². The number of fused-ring (bicyclic) bond motifs is 1. The predicted molar refractivity (Wildman–Crippen MR) is 94.5 cm³/mol. The van der Waals surface area contributed by atoms with Gasteiger partial charge in [-0.05, 0) is 30.8 Å². The van der Waals surface area contributed by atoms with Crippen LogP contribution >= 0.6 is 23.7 Å². The molecule has 0 saturated carbocycles. The molecule has 0 radical (unpaired) electrons. The van der Waals surface area contributed by atoms with E-state index < -0.39 is 0 Å². The number of carbonyl (C=O) groups is 1. The van der Waals surface area contributed by atoms with Crippen LogP contribution in [0.5, 0.6) is 0 Å². The van der Waals surface area contributed by atoms with Gasteiger partial charge in [0.2, 0.25) is 5.91 Å². The lowest BCUT2D eigenvalue weighted by Crippen LogP contribution is -2.53. The van der Waals surface area contributed by atoms with Crippen molar-refractivity contribution in [3.63, 3.8) is 0 Å². The average molecular weight is 354 g/mol. The Bertz CT molecular complexity index is 679. The van der Waals surface area contributed by atoms with Crippen molar-refractivity contribution in [3.05, 3.63) is 17.8 Å². The van der Waals surface area contributed by atoms with Gasteiger partial charge in [-0.15, -0.1) is 23.7 Å². The van der Waals surface area contributed by atoms with Gasteiger partial charge in [0.05, 0.1) is 16.3 Å². The van der Waals surface area contributed by atoms with Crippen LogP contribution in [0.2, 0.25) is 0 Å². The second kappa shape index (κ2) is 6.98. The van der Waals surface area contributed by atoms with E-state index in [-0.39, 0.29) is 24.4 Å². The molecular formula is C15H20ClN5OS. The minimum absolute atomic E-state index is 0. The van der Waals surface area contributed by atoms with Crippen molar-refractivity contribution in [2.45, 2.75) is 18.9 Å². The highest BCUT2D eigenvalue weighted by atomic mass is 35.5. The van der Waals surface area contributed by atoms with Crippen LogP contribution in [0.1, 0.15) is 12.8 Å². The van der Waals surface area contributed by atoms with E-state index >= 15 is 0 Å². The molecule has 124 valence electrons. The summed E-state index contributed by atoms with van der Waals surface area (Å²) in [5, 5.41) is 5.34. The van der Waals surface area contributed by atoms with E-state index in [4.69, 9.17) is 0 Å². The molecule has 0 spiro atoms. The normalized spacial score (nSPS) is 21.5. The zero-order valence-corrected chi connectivity index (χ0v) is 14.4. The standard InChI is InChI=1S/C15H19N5OS.ClH/c21-15(12-2-1-4-16-12)20-7-5-19(6-8-20)14-13-11(3-9-22-13)17-10-18-14;/h3,9-10,12,16H,1-2,4-8H2;1H. The van der Waals surface area contributed by atoms with E-state index in [0.29, 0.717) is 0 Å². The number of piperazine rings is 1. The fourth-order valence-corrected chi connectivity index (χ4v) is 4.12. The highest BCUT2D eigenvalue weighted by Crippen LogP contribution is 2.28. The Hall–Kier alpha value is -1.44. The molecule has 6 nitrogen and oxygen atoms in total. The number of halogens is 1. The maximum absolute atomic E-state index is 12.4. The van der Waals surface area contributed by atoms with Gasteiger partial charge in [-0.2, -0.15) is 0 Å². The molecule has 2 aliphatic rings. The summed E-state index contributed by atoms with van der Waals surface area (Å²) < 4.78 is 1.14. The van der Waals surface area contributed by atoms with Crippen molar-refractivity contribution in [2.75, 3.05) is 37.6 Å². The molecule has 1 N–H and O–H groups in total. The van der Waals surface area contributed by atoms with Crippen molar-refractivity contribution in [3.8, 4) is 0 Å². The fraction of sp³-hybridized carbons (Fsp3) is 0.533. The average Bonchev–Trinajstić information content (AvgIpc) is 3.25. The third-order valence-corrected chi connectivity index (χ3v) is 5.37. The molecule has 2 aliphatic heterocycles. The molecule has 8 heteroatoms. The molecule has 1 unspecified atom stereocenters. The Kier molecular flexibility index (Phi) is 4.99. The number of nitrogens with zero attached hydrogens (tertiary/aromatic N) is 4. The van der Waals surface area contributed by atoms with Gasteiger partial charge in [-0.1, -0.05) is 0 Å². The molecule has 0 bridgehead atoms. The van der Waals surface area contributed by atoms with Gasteiger partial charge < -0.3 is 15.1 Å². The number of amides is 1. The topological polar surface area (TPSA) is 61.4 Å². The molecule has 4 heterocycles. The quantitative estimate of drug-likeness (QED) is 0.886. The zero-order valence-electron chi connectivity index (χ0n) is 12.8. The largest absolute Gasteiger partial charge is 0.352 e. The lowest BCUT2D eigenvalue weighted by atomic mass is 10.2. The number of anilines is 1. The highest BCUT2D eigenvalue weighted by Gasteiger charge is 2.29. The molecule has 1 amide bonds. The summed E-state index contributed by atoms with van der Waals surface area (Å²) in [4.78, 5) is 25.5. The van der Waals surface area contributed by atoms with Gasteiger partial charge in [0, 0.05) is 26.2 Å². The Morgan fingerprint density at radius 1 is 1.26 bits per heavy atom. The van der Waals surface area contributed by atoms with E-state index in [1.54, 1.807) is 17.7 Å². The van der Waals surface area contributed by atoms with Gasteiger partial charge in [0.15, 0.2) is 0 Å². The Morgan fingerprint density at radius 3 is 2.83 bits per heavy atom. The number of carbonyl (C=O) groups excluding carboxylic acids is 1. The van der Waals surface area contributed by atoms with Crippen molar-refractivity contribution in [1.82, 2.24) is 20.2 Å². The van der Waals surface area contributed by atoms with Gasteiger partial charge in [0.25, 0.3) is 0 Å². The first-order valence-electron chi connectivity index (χ1n) is 7.78. The maximum Gasteiger partial charge on any atom is 0.239 e. The first kappa shape index (κ1) is 16.4. The number of aromatic nitrogens is 2. The Labute approximate surface area is 145 Å². The molecular weight excluding hydrogens is 334 g/mol. The summed E-state index contributed by atoms with van der Waals surface area (Å²) in [5.74, 6) is 1.27. The summed E-state index contributed by atoms with van der Waals surface area (Å²) in [5.41, 5.74) is 1.00. The van der Waals surface area contributed by atoms with Crippen LogP contribution in [-0.2, 0) is 4.79 Å². The third-order valence-electron chi connectivity index (χ3n) is 4.47. The zero-order chi connectivity index (χ0) is 14.9. The third kappa shape index (κ3) is 3.13. The van der Waals surface area contributed by atoms with Gasteiger partial charge in [0.1, 0.15) is 12.1 Å². The Balaban J connectivity index is 0.00000156. The van der Waals surface area contributed by atoms with Crippen molar-refractivity contribution in [2.24, 2.45) is 0 Å². The van der Waals surface area contributed by atoms with Gasteiger partial charge in [-0.25, -0.2) is 9.97 Å². The summed E-state index contributed by atoms with van der Waals surface area (Å²) in [6.45, 7) is 4.18. The summed E-state index contributed by atoms with van der Waals surface area (Å²) in [7, 11) is 0. The van der Waals surface area contributed by atoms with E-state index in [9.17, 15) is 4.79 Å². The minimum Gasteiger partial charge on any atom is -0.352 e. The maximum atomic E-state index is 12.4. The molecule has 4 rings (SSSR count). The summed E-state index contributed by atoms with van der Waals surface area (Å²) in [6.07, 6.45) is 3.71. The van der Waals surface area contributed by atoms with Crippen LogP contribution in [0, 0.1) is 0 Å². The van der Waals surface area contributed by atoms with Crippen molar-refractivity contribution < 1.29 is 4.79 Å². The smallest absolute Gasteiger partial charge is 0.239 e. The monoisotopic (exact) mass is 353 g/mol. The fourth-order valence-electron chi connectivity index (χ4n) is 3.26. The highest BCUT2D eigenvalue weighted by molar-refractivity contribution is 7.17. The van der Waals surface area contributed by atoms with Crippen molar-refractivity contribution in [1.29, 1.82) is 0 Å². The Morgan fingerprint density at radius 2 is 2.09 bits per heavy atom. The molecule has 0 aromatic carbocycles. The number of nitrogens with one attached hydrogen (secondary N) is 1. The molecule has 2 fully saturated rings. The first-order valence-corrected chi connectivity index (χ1v) is 8.66. The van der Waals surface area contributed by atoms with Crippen LogP contribution in [0.15, 0.2) is 17.8 Å². The van der Waals surface area contributed by atoms with E-state index in [1.165, 1.54) is 0 Å². The molecule has 2 aromatic heterocycles. The SMILES string of the molecule is Cl.O=C(C1CCCN1)N1CCN(c2ncnc3ccsc23)CC1. The van der Waals surface area contributed by atoms with Crippen molar-refractivity contribution >= 4 is 45.7 Å². The number of hydrogen-bond donors (Lipinski definition) is 1. The number of hydrogen-bond acceptors (Lipinski definition) is 6. The second-order valence-corrected chi connectivity index (χ2v) is 6.71. The molecule has 2 aromatic rings. The number of thiophene rings is 1. The van der Waals surface area contributed by atoms with Crippen LogP contribution in [0.3, 0.4) is 0 Å². The predicted octanol–water partition coefficient (Wildman–Crippen LogP) is 1.51. The molecule has 0 aliphatic carbocycles. The van der Waals surface area contributed by atoms with Crippen LogP contribution in [-0.4, -0.2) is 59.5 Å². The lowest BCUT2D eigenvalue weighted by molar-refractivity contribution is -0.133. The van der Waals surface area contributed by atoms with Gasteiger partial charge >= 0.3 is 0 Å². The van der Waals surface area contributed by atoms with E-state index in [0.717, 1.165) is 61.6 Å². The molecule has 2 saturated heterocycles. The number of rotatable bonds is 2. The summed E-state index contributed by atoms with van der Waals surface area (Å²) in [6, 6.07) is 2.06. The first-order chi connectivity index (χ1) is 10.8. The van der Waals surface area contributed by atoms with Crippen LogP contribution < -0.4 is 10.2 Å². The summed E-state index contributed by atoms with van der Waals surface area (Å²) >= 11 is 1.68. The van der Waals surface area contributed by atoms with Crippen LogP contribution in [0.25, 0.3) is 10.2 Å². The van der Waals surface area contributed by atoms with E-state index in [1.807, 2.05) is 16.3 Å². The second-order valence-electron chi connectivity index (χ2n) is 5.79. The molecule has 23 heavy (non-hydrogen) atoms. The molecule has 1 atom stereocenters. The van der Waals surface area contributed by atoms with E-state index in [2.05, 4.69) is 20.2 Å². The lowest BCUT2D eigenvalue weighted by Gasteiger charge is -2.36.